The monoisotopic (exact) mass is 295 g/mol. The molecule has 0 radical (unpaired) electrons. The van der Waals surface area contributed by atoms with Gasteiger partial charge in [-0.05, 0) is 44.7 Å². The maximum atomic E-state index is 11.8. The highest BCUT2D eigenvalue weighted by Gasteiger charge is 2.26. The van der Waals surface area contributed by atoms with Gasteiger partial charge in [-0.25, -0.2) is 0 Å². The number of carboxylic acids is 1. The highest BCUT2D eigenvalue weighted by atomic mass is 16.5. The van der Waals surface area contributed by atoms with E-state index in [0.717, 1.165) is 0 Å². The molecule has 116 valence electrons. The molecule has 1 aliphatic carbocycles. The number of nitrogens with one attached hydrogen (secondary N) is 1. The van der Waals surface area contributed by atoms with Crippen molar-refractivity contribution >= 4 is 11.9 Å². The standard InChI is InChI=1S/C15H21NO5/c1-10(13-3-2-8-20-13)16-14(17)9-21-12-6-4-11(5-7-12)15(18)19/h2-3,8,10-12H,4-7,9H2,1H3,(H,16,17)(H,18,19). The number of aliphatic carboxylic acids is 1. The minimum absolute atomic E-state index is 0.00649. The first-order valence-electron chi connectivity index (χ1n) is 7.23. The summed E-state index contributed by atoms with van der Waals surface area (Å²) in [4.78, 5) is 22.6. The van der Waals surface area contributed by atoms with Gasteiger partial charge in [-0.3, -0.25) is 9.59 Å². The van der Waals surface area contributed by atoms with E-state index in [1.165, 1.54) is 0 Å². The Hall–Kier alpha value is -1.82. The molecule has 1 aromatic rings. The molecule has 6 nitrogen and oxygen atoms in total. The summed E-state index contributed by atoms with van der Waals surface area (Å²) in [6.45, 7) is 1.84. The summed E-state index contributed by atoms with van der Waals surface area (Å²) >= 11 is 0. The minimum atomic E-state index is -0.738. The zero-order valence-electron chi connectivity index (χ0n) is 12.1. The summed E-state index contributed by atoms with van der Waals surface area (Å²) in [5, 5.41) is 11.7. The first-order valence-corrected chi connectivity index (χ1v) is 7.23. The van der Waals surface area contributed by atoms with E-state index in [4.69, 9.17) is 14.3 Å². The van der Waals surface area contributed by atoms with E-state index < -0.39 is 5.97 Å². The fraction of sp³-hybridized carbons (Fsp3) is 0.600. The summed E-state index contributed by atoms with van der Waals surface area (Å²) in [5.41, 5.74) is 0. The van der Waals surface area contributed by atoms with Gasteiger partial charge in [0.1, 0.15) is 12.4 Å². The van der Waals surface area contributed by atoms with Crippen molar-refractivity contribution in [1.82, 2.24) is 5.32 Å². The van der Waals surface area contributed by atoms with Crippen molar-refractivity contribution in [1.29, 1.82) is 0 Å². The van der Waals surface area contributed by atoms with Crippen LogP contribution >= 0.6 is 0 Å². The molecule has 0 aromatic carbocycles. The number of carbonyl (C=O) groups excluding carboxylic acids is 1. The molecule has 2 rings (SSSR count). The van der Waals surface area contributed by atoms with Gasteiger partial charge < -0.3 is 19.6 Å². The fourth-order valence-electron chi connectivity index (χ4n) is 2.56. The van der Waals surface area contributed by atoms with E-state index >= 15 is 0 Å². The predicted octanol–water partition coefficient (Wildman–Crippen LogP) is 2.12. The van der Waals surface area contributed by atoms with E-state index in [2.05, 4.69) is 5.32 Å². The third kappa shape index (κ3) is 4.60. The number of rotatable bonds is 6. The second kappa shape index (κ2) is 7.26. The van der Waals surface area contributed by atoms with Crippen LogP contribution in [0.1, 0.15) is 44.4 Å². The summed E-state index contributed by atoms with van der Waals surface area (Å²) in [6.07, 6.45) is 4.16. The van der Waals surface area contributed by atoms with E-state index in [-0.39, 0.29) is 30.6 Å². The van der Waals surface area contributed by atoms with Gasteiger partial charge in [0.15, 0.2) is 0 Å². The Morgan fingerprint density at radius 1 is 1.43 bits per heavy atom. The molecule has 1 aliphatic rings. The second-order valence-corrected chi connectivity index (χ2v) is 5.43. The van der Waals surface area contributed by atoms with E-state index in [1.54, 1.807) is 18.4 Å². The van der Waals surface area contributed by atoms with Crippen molar-refractivity contribution in [2.45, 2.75) is 44.8 Å². The molecule has 0 bridgehead atoms. The smallest absolute Gasteiger partial charge is 0.306 e. The Balaban J connectivity index is 1.67. The van der Waals surface area contributed by atoms with Crippen LogP contribution in [0.4, 0.5) is 0 Å². The molecule has 1 amide bonds. The Morgan fingerprint density at radius 2 is 2.14 bits per heavy atom. The van der Waals surface area contributed by atoms with Gasteiger partial charge in [0.05, 0.1) is 24.3 Å². The van der Waals surface area contributed by atoms with Gasteiger partial charge in [-0.1, -0.05) is 0 Å². The van der Waals surface area contributed by atoms with Crippen LogP contribution in [0.15, 0.2) is 22.8 Å². The maximum absolute atomic E-state index is 11.8. The topological polar surface area (TPSA) is 88.8 Å². The van der Waals surface area contributed by atoms with Gasteiger partial charge in [-0.2, -0.15) is 0 Å². The van der Waals surface area contributed by atoms with Gasteiger partial charge >= 0.3 is 5.97 Å². The van der Waals surface area contributed by atoms with Crippen LogP contribution in [0.25, 0.3) is 0 Å². The summed E-state index contributed by atoms with van der Waals surface area (Å²) in [7, 11) is 0. The van der Waals surface area contributed by atoms with Gasteiger partial charge in [0.25, 0.3) is 0 Å². The van der Waals surface area contributed by atoms with Crippen LogP contribution in [0, 0.1) is 5.92 Å². The highest BCUT2D eigenvalue weighted by molar-refractivity contribution is 5.77. The molecule has 0 aliphatic heterocycles. The van der Waals surface area contributed by atoms with Crippen LogP contribution in [-0.4, -0.2) is 29.7 Å². The van der Waals surface area contributed by atoms with E-state index in [1.807, 2.05) is 6.92 Å². The average Bonchev–Trinajstić information content (AvgIpc) is 3.00. The molecule has 6 heteroatoms. The number of carbonyl (C=O) groups is 2. The molecular weight excluding hydrogens is 274 g/mol. The SMILES string of the molecule is CC(NC(=O)COC1CCC(C(=O)O)CC1)c1ccco1. The molecule has 1 unspecified atom stereocenters. The third-order valence-electron chi connectivity index (χ3n) is 3.82. The molecule has 1 aromatic heterocycles. The van der Waals surface area contributed by atoms with Gasteiger partial charge in [0, 0.05) is 0 Å². The van der Waals surface area contributed by atoms with Crippen molar-refractivity contribution in [2.24, 2.45) is 5.92 Å². The number of ether oxygens (including phenoxy) is 1. The maximum Gasteiger partial charge on any atom is 0.306 e. The van der Waals surface area contributed by atoms with Crippen molar-refractivity contribution < 1.29 is 23.8 Å². The lowest BCUT2D eigenvalue weighted by Gasteiger charge is -2.26. The van der Waals surface area contributed by atoms with E-state index in [9.17, 15) is 9.59 Å². The number of carboxylic acid groups (broad SMARTS) is 1. The summed E-state index contributed by atoms with van der Waals surface area (Å²) < 4.78 is 10.8. The van der Waals surface area contributed by atoms with Crippen LogP contribution < -0.4 is 5.32 Å². The quantitative estimate of drug-likeness (QED) is 0.839. The lowest BCUT2D eigenvalue weighted by atomic mass is 9.87. The molecule has 2 N–H and O–H groups in total. The minimum Gasteiger partial charge on any atom is -0.481 e. The lowest BCUT2D eigenvalue weighted by molar-refractivity contribution is -0.144. The van der Waals surface area contributed by atoms with Crippen molar-refractivity contribution in [3.05, 3.63) is 24.2 Å². The summed E-state index contributed by atoms with van der Waals surface area (Å²) in [6, 6.07) is 3.38. The number of hydrogen-bond donors (Lipinski definition) is 2. The fourth-order valence-corrected chi connectivity index (χ4v) is 2.56. The van der Waals surface area contributed by atoms with Crippen molar-refractivity contribution in [3.63, 3.8) is 0 Å². The van der Waals surface area contributed by atoms with Crippen molar-refractivity contribution in [2.75, 3.05) is 6.61 Å². The van der Waals surface area contributed by atoms with Gasteiger partial charge in [-0.15, -0.1) is 0 Å². The predicted molar refractivity (Wildman–Crippen MR) is 74.6 cm³/mol. The number of furan rings is 1. The van der Waals surface area contributed by atoms with Gasteiger partial charge in [0.2, 0.25) is 5.91 Å². The number of amides is 1. The molecule has 1 atom stereocenters. The van der Waals surface area contributed by atoms with Crippen LogP contribution in [0.2, 0.25) is 0 Å². The molecular formula is C15H21NO5. The number of hydrogen-bond acceptors (Lipinski definition) is 4. The largest absolute Gasteiger partial charge is 0.481 e. The highest BCUT2D eigenvalue weighted by Crippen LogP contribution is 2.26. The zero-order valence-corrected chi connectivity index (χ0v) is 12.1. The molecule has 1 saturated carbocycles. The average molecular weight is 295 g/mol. The van der Waals surface area contributed by atoms with Crippen LogP contribution in [0.3, 0.4) is 0 Å². The first-order chi connectivity index (χ1) is 10.1. The molecule has 0 spiro atoms. The third-order valence-corrected chi connectivity index (χ3v) is 3.82. The van der Waals surface area contributed by atoms with Crippen LogP contribution in [-0.2, 0) is 14.3 Å². The Bertz CT molecular complexity index is 462. The second-order valence-electron chi connectivity index (χ2n) is 5.43. The van der Waals surface area contributed by atoms with E-state index in [0.29, 0.717) is 31.4 Å². The normalized spacial score (nSPS) is 23.5. The zero-order chi connectivity index (χ0) is 15.2. The lowest BCUT2D eigenvalue weighted by Crippen LogP contribution is -2.33. The Morgan fingerprint density at radius 3 is 2.71 bits per heavy atom. The molecule has 1 heterocycles. The Kier molecular flexibility index (Phi) is 5.38. The molecule has 21 heavy (non-hydrogen) atoms. The van der Waals surface area contributed by atoms with Crippen LogP contribution in [0.5, 0.6) is 0 Å². The summed E-state index contributed by atoms with van der Waals surface area (Å²) in [5.74, 6) is -0.499. The molecule has 1 fully saturated rings. The molecule has 0 saturated heterocycles. The van der Waals surface area contributed by atoms with Crippen molar-refractivity contribution in [3.8, 4) is 0 Å². The first kappa shape index (κ1) is 15.6. The Labute approximate surface area is 123 Å².